The SMILES string of the molecule is CC(O)c1cc(=O)oc2[nH]c(=O)[nH]c(=O)c12.CC(O)c1cc(=O)oc2[nH]c(=O)[nH]c(=O)c12.CCc1cc(=O)oc2[nH]c(=O)[nH]c(=O)c12.O=[Se]=O. The number of aliphatic hydroxyl groups is 2. The fourth-order valence-electron chi connectivity index (χ4n) is 4.38. The van der Waals surface area contributed by atoms with Gasteiger partial charge in [-0.25, -0.2) is 28.8 Å². The molecular weight excluding hydrogens is 743 g/mol. The van der Waals surface area contributed by atoms with Crippen molar-refractivity contribution in [2.24, 2.45) is 0 Å². The van der Waals surface area contributed by atoms with E-state index >= 15 is 0 Å². The molecule has 6 rings (SSSR count). The first-order valence-electron chi connectivity index (χ1n) is 13.7. The number of aromatic nitrogens is 6. The van der Waals surface area contributed by atoms with E-state index in [0.29, 0.717) is 12.0 Å². The molecule has 50 heavy (non-hydrogen) atoms. The molecule has 6 aromatic rings. The molecule has 6 aromatic heterocycles. The molecule has 0 saturated carbocycles. The van der Waals surface area contributed by atoms with Crippen LogP contribution in [-0.2, 0) is 14.1 Å². The van der Waals surface area contributed by atoms with Gasteiger partial charge in [0.25, 0.3) is 16.7 Å². The van der Waals surface area contributed by atoms with E-state index in [-0.39, 0.29) is 44.4 Å². The number of aromatic amines is 6. The third kappa shape index (κ3) is 8.99. The van der Waals surface area contributed by atoms with Gasteiger partial charge in [-0.05, 0) is 25.8 Å². The Bertz CT molecular complexity index is 2650. The average molecular weight is 767 g/mol. The Labute approximate surface area is 277 Å². The van der Waals surface area contributed by atoms with Crippen molar-refractivity contribution in [2.45, 2.75) is 39.4 Å². The predicted molar refractivity (Wildman–Crippen MR) is 169 cm³/mol. The van der Waals surface area contributed by atoms with Gasteiger partial charge in [0.05, 0.1) is 12.2 Å². The zero-order valence-electron chi connectivity index (χ0n) is 25.6. The zero-order chi connectivity index (χ0) is 37.4. The van der Waals surface area contributed by atoms with E-state index in [0.717, 1.165) is 12.1 Å². The fourth-order valence-corrected chi connectivity index (χ4v) is 4.38. The topological polar surface area (TPSA) is 362 Å². The van der Waals surface area contributed by atoms with Crippen LogP contribution < -0.4 is 50.6 Å². The van der Waals surface area contributed by atoms with Crippen molar-refractivity contribution in [1.29, 1.82) is 0 Å². The second-order valence-corrected chi connectivity index (χ2v) is 10.0. The Kier molecular flexibility index (Phi) is 12.4. The predicted octanol–water partition coefficient (Wildman–Crippen LogP) is -2.44. The van der Waals surface area contributed by atoms with Gasteiger partial charge in [0.2, 0.25) is 17.1 Å². The fraction of sp³-hybridized carbons (Fsp3) is 0.222. The molecule has 0 aliphatic heterocycles. The van der Waals surface area contributed by atoms with Crippen molar-refractivity contribution in [2.75, 3.05) is 0 Å². The average Bonchev–Trinajstić information content (AvgIpc) is 2.99. The summed E-state index contributed by atoms with van der Waals surface area (Å²) in [5, 5.41) is 19.0. The van der Waals surface area contributed by atoms with Gasteiger partial charge in [0.1, 0.15) is 16.2 Å². The molecule has 0 aromatic carbocycles. The van der Waals surface area contributed by atoms with Crippen LogP contribution in [0.5, 0.6) is 0 Å². The molecule has 23 heteroatoms. The van der Waals surface area contributed by atoms with Gasteiger partial charge < -0.3 is 23.5 Å². The van der Waals surface area contributed by atoms with Crippen LogP contribution in [0.2, 0.25) is 0 Å². The Hall–Kier alpha value is -6.29. The number of rotatable bonds is 3. The molecule has 8 N–H and O–H groups in total. The molecular formula is C27H24N6O16Se. The van der Waals surface area contributed by atoms with Gasteiger partial charge in [-0.15, -0.1) is 0 Å². The number of fused-ring (bicyclic) bond motifs is 3. The number of hydrogen-bond acceptors (Lipinski definition) is 16. The van der Waals surface area contributed by atoms with Crippen molar-refractivity contribution in [1.82, 2.24) is 29.9 Å². The Morgan fingerprint density at radius 1 is 0.560 bits per heavy atom. The van der Waals surface area contributed by atoms with Crippen LogP contribution in [-0.4, -0.2) is 54.9 Å². The van der Waals surface area contributed by atoms with Crippen LogP contribution >= 0.6 is 0 Å². The summed E-state index contributed by atoms with van der Waals surface area (Å²) in [6.07, 6.45) is -1.52. The molecule has 0 radical (unpaired) electrons. The van der Waals surface area contributed by atoms with Gasteiger partial charge >= 0.3 is 56.4 Å². The van der Waals surface area contributed by atoms with E-state index in [1.54, 1.807) is 6.92 Å². The maximum atomic E-state index is 11.5. The molecule has 22 nitrogen and oxygen atoms in total. The van der Waals surface area contributed by atoms with Gasteiger partial charge in [0, 0.05) is 29.3 Å². The van der Waals surface area contributed by atoms with Crippen LogP contribution in [0.3, 0.4) is 0 Å². The van der Waals surface area contributed by atoms with Crippen molar-refractivity contribution in [3.8, 4) is 0 Å². The summed E-state index contributed by atoms with van der Waals surface area (Å²) in [5.74, 6) is 0. The van der Waals surface area contributed by atoms with Crippen LogP contribution in [0.15, 0.2) is 74.6 Å². The van der Waals surface area contributed by atoms with E-state index < -0.39 is 77.7 Å². The van der Waals surface area contributed by atoms with E-state index in [9.17, 15) is 53.4 Å². The molecule has 264 valence electrons. The summed E-state index contributed by atoms with van der Waals surface area (Å²) < 4.78 is 31.0. The first kappa shape index (κ1) is 38.2. The van der Waals surface area contributed by atoms with Crippen molar-refractivity contribution in [3.63, 3.8) is 0 Å². The maximum absolute atomic E-state index is 11.5. The summed E-state index contributed by atoms with van der Waals surface area (Å²) in [4.78, 5) is 113. The number of hydrogen-bond donors (Lipinski definition) is 8. The van der Waals surface area contributed by atoms with Crippen LogP contribution in [0.4, 0.5) is 0 Å². The van der Waals surface area contributed by atoms with Crippen molar-refractivity contribution in [3.05, 3.63) is 129 Å². The minimum atomic E-state index is -1.62. The minimum absolute atomic E-state index is 0.0331. The third-order valence-corrected chi connectivity index (χ3v) is 6.35. The Morgan fingerprint density at radius 3 is 1.18 bits per heavy atom. The molecule has 6 heterocycles. The first-order valence-corrected chi connectivity index (χ1v) is 15.1. The van der Waals surface area contributed by atoms with Crippen LogP contribution in [0, 0.1) is 0 Å². The molecule has 0 fully saturated rings. The first-order chi connectivity index (χ1) is 23.5. The molecule has 0 aliphatic rings. The molecule has 2 unspecified atom stereocenters. The Balaban J connectivity index is 0.000000195. The Morgan fingerprint density at radius 2 is 0.860 bits per heavy atom. The van der Waals surface area contributed by atoms with Crippen LogP contribution in [0.25, 0.3) is 33.3 Å². The molecule has 0 amide bonds. The summed E-state index contributed by atoms with van der Waals surface area (Å²) in [6.45, 7) is 4.61. The van der Waals surface area contributed by atoms with Gasteiger partial charge in [0.15, 0.2) is 0 Å². The summed E-state index contributed by atoms with van der Waals surface area (Å²) in [6, 6.07) is 3.27. The standard InChI is InChI=1S/2C9H8N2O5.C9H8N2O4.O2Se/c2*1-3(12)4-2-5(13)16-8-6(4)7(14)10-9(15)11-8;1-2-4-3-5(12)15-8-6(4)7(13)10-9(14)11-8;1-3-2/h2*2-3,12H,1H3,(H2,10,11,14,15);3H,2H2,1H3,(H2,10,11,13,14);. The van der Waals surface area contributed by atoms with E-state index in [2.05, 4.69) is 28.8 Å². The molecule has 0 spiro atoms. The summed E-state index contributed by atoms with van der Waals surface area (Å²) in [7, 11) is 0. The molecule has 0 aliphatic carbocycles. The summed E-state index contributed by atoms with van der Waals surface area (Å²) in [5.41, 5.74) is -6.05. The number of nitrogens with one attached hydrogen (secondary N) is 6. The van der Waals surface area contributed by atoms with Gasteiger partial charge in [-0.3, -0.25) is 44.3 Å². The zero-order valence-corrected chi connectivity index (χ0v) is 27.3. The van der Waals surface area contributed by atoms with Crippen molar-refractivity contribution < 1.29 is 31.1 Å². The third-order valence-electron chi connectivity index (χ3n) is 6.35. The van der Waals surface area contributed by atoms with E-state index in [1.807, 2.05) is 9.97 Å². The van der Waals surface area contributed by atoms with Crippen LogP contribution in [0.1, 0.15) is 49.7 Å². The summed E-state index contributed by atoms with van der Waals surface area (Å²) >= 11 is -1.62. The number of H-pyrrole nitrogens is 6. The molecule has 0 saturated heterocycles. The number of aryl methyl sites for hydroxylation is 1. The van der Waals surface area contributed by atoms with Crippen molar-refractivity contribution >= 4 is 48.1 Å². The van der Waals surface area contributed by atoms with E-state index in [4.69, 9.17) is 12.1 Å². The quantitative estimate of drug-likeness (QED) is 0.0867. The monoisotopic (exact) mass is 768 g/mol. The van der Waals surface area contributed by atoms with Gasteiger partial charge in [-0.2, -0.15) is 0 Å². The van der Waals surface area contributed by atoms with E-state index in [1.165, 1.54) is 19.9 Å². The second kappa shape index (κ2) is 16.2. The normalized spacial score (nSPS) is 11.7. The van der Waals surface area contributed by atoms with Gasteiger partial charge in [-0.1, -0.05) is 6.92 Å². The number of aliphatic hydroxyl groups excluding tert-OH is 2. The molecule has 2 atom stereocenters. The second-order valence-electron chi connectivity index (χ2n) is 9.74. The molecule has 0 bridgehead atoms.